The average Bonchev–Trinajstić information content (AvgIpc) is 2.74. The van der Waals surface area contributed by atoms with Crippen molar-refractivity contribution in [3.63, 3.8) is 0 Å². The van der Waals surface area contributed by atoms with Crippen molar-refractivity contribution in [3.05, 3.63) is 64.7 Å². The molecule has 1 atom stereocenters. The lowest BCUT2D eigenvalue weighted by atomic mass is 10.1. The van der Waals surface area contributed by atoms with Gasteiger partial charge >= 0.3 is 0 Å². The third-order valence-corrected chi connectivity index (χ3v) is 6.98. The first-order valence-electron chi connectivity index (χ1n) is 11.6. The number of nitrogens with one attached hydrogen (secondary N) is 1. The molecule has 0 radical (unpaired) electrons. The van der Waals surface area contributed by atoms with Crippen LogP contribution in [-0.4, -0.2) is 49.5 Å². The van der Waals surface area contributed by atoms with Crippen molar-refractivity contribution in [2.45, 2.75) is 65.6 Å². The Kier molecular flexibility index (Phi) is 9.75. The molecule has 0 bridgehead atoms. The third-order valence-electron chi connectivity index (χ3n) is 5.53. The zero-order chi connectivity index (χ0) is 26.4. The van der Waals surface area contributed by atoms with Gasteiger partial charge in [0.1, 0.15) is 6.04 Å². The van der Waals surface area contributed by atoms with Gasteiger partial charge in [-0.2, -0.15) is 0 Å². The predicted octanol–water partition coefficient (Wildman–Crippen LogP) is 4.53. The topological polar surface area (TPSA) is 86.8 Å². The zero-order valence-corrected chi connectivity index (χ0v) is 22.9. The first kappa shape index (κ1) is 28.7. The van der Waals surface area contributed by atoms with E-state index >= 15 is 0 Å². The fourth-order valence-electron chi connectivity index (χ4n) is 3.64. The van der Waals surface area contributed by atoms with Crippen molar-refractivity contribution in [1.82, 2.24) is 10.2 Å². The molecule has 0 aliphatic carbocycles. The van der Waals surface area contributed by atoms with Gasteiger partial charge in [0.2, 0.25) is 21.8 Å². The van der Waals surface area contributed by atoms with Crippen molar-refractivity contribution >= 4 is 39.1 Å². The molecule has 0 aromatic heterocycles. The summed E-state index contributed by atoms with van der Waals surface area (Å²) in [7, 11) is -3.55. The fraction of sp³-hybridized carbons (Fsp3) is 0.462. The summed E-state index contributed by atoms with van der Waals surface area (Å²) in [5.74, 6) is -0.451. The van der Waals surface area contributed by atoms with Gasteiger partial charge in [0.15, 0.2) is 0 Å². The second kappa shape index (κ2) is 11.9. The van der Waals surface area contributed by atoms with Gasteiger partial charge in [-0.1, -0.05) is 35.9 Å². The first-order chi connectivity index (χ1) is 16.2. The standard InChI is InChI=1S/C26H36ClN3O4S/c1-19-10-7-8-11-21(19)18-29(20(2)25(32)28-26(3,4)5)24(31)12-9-17-30(35(6,33)34)23-15-13-22(27)14-16-23/h7-8,10-11,13-16,20H,9,12,17-18H2,1-6H3,(H,28,32)/t20-/m0/s1. The molecule has 0 fully saturated rings. The smallest absolute Gasteiger partial charge is 0.242 e. The molecule has 0 aliphatic rings. The number of sulfonamides is 1. The molecule has 1 N–H and O–H groups in total. The lowest BCUT2D eigenvalue weighted by Crippen LogP contribution is -2.52. The number of rotatable bonds is 10. The largest absolute Gasteiger partial charge is 0.350 e. The van der Waals surface area contributed by atoms with Gasteiger partial charge in [0, 0.05) is 30.1 Å². The van der Waals surface area contributed by atoms with Crippen LogP contribution in [0.15, 0.2) is 48.5 Å². The maximum absolute atomic E-state index is 13.3. The molecule has 9 heteroatoms. The Hall–Kier alpha value is -2.58. The molecule has 2 amide bonds. The Morgan fingerprint density at radius 3 is 2.20 bits per heavy atom. The van der Waals surface area contributed by atoms with Crippen LogP contribution in [0, 0.1) is 6.92 Å². The van der Waals surface area contributed by atoms with E-state index in [0.29, 0.717) is 17.1 Å². The fourth-order valence-corrected chi connectivity index (χ4v) is 4.73. The predicted molar refractivity (Wildman–Crippen MR) is 142 cm³/mol. The highest BCUT2D eigenvalue weighted by Crippen LogP contribution is 2.22. The highest BCUT2D eigenvalue weighted by atomic mass is 35.5. The molecule has 2 aromatic carbocycles. The van der Waals surface area contributed by atoms with E-state index in [1.165, 1.54) is 4.31 Å². The van der Waals surface area contributed by atoms with E-state index in [4.69, 9.17) is 11.6 Å². The first-order valence-corrected chi connectivity index (χ1v) is 13.8. The van der Waals surface area contributed by atoms with Crippen LogP contribution < -0.4 is 9.62 Å². The van der Waals surface area contributed by atoms with E-state index in [-0.39, 0.29) is 31.3 Å². The second-order valence-corrected chi connectivity index (χ2v) is 12.1. The van der Waals surface area contributed by atoms with Gasteiger partial charge in [-0.05, 0) is 76.4 Å². The summed E-state index contributed by atoms with van der Waals surface area (Å²) in [5.41, 5.74) is 2.03. The number of carbonyl (C=O) groups is 2. The number of anilines is 1. The normalized spacial score (nSPS) is 12.7. The van der Waals surface area contributed by atoms with E-state index < -0.39 is 21.6 Å². The Morgan fingerprint density at radius 1 is 1.06 bits per heavy atom. The number of hydrogen-bond donors (Lipinski definition) is 1. The van der Waals surface area contributed by atoms with E-state index in [1.54, 1.807) is 36.1 Å². The number of hydrogen-bond acceptors (Lipinski definition) is 4. The van der Waals surface area contributed by atoms with E-state index in [1.807, 2.05) is 52.0 Å². The summed E-state index contributed by atoms with van der Waals surface area (Å²) in [6, 6.07) is 13.6. The van der Waals surface area contributed by atoms with E-state index in [2.05, 4.69) is 5.32 Å². The Labute approximate surface area is 214 Å². The van der Waals surface area contributed by atoms with E-state index in [0.717, 1.165) is 17.4 Å². The molecule has 192 valence electrons. The summed E-state index contributed by atoms with van der Waals surface area (Å²) in [4.78, 5) is 27.8. The second-order valence-electron chi connectivity index (χ2n) is 9.78. The summed E-state index contributed by atoms with van der Waals surface area (Å²) >= 11 is 5.93. The summed E-state index contributed by atoms with van der Waals surface area (Å²) < 4.78 is 26.0. The van der Waals surface area contributed by atoms with E-state index in [9.17, 15) is 18.0 Å². The maximum atomic E-state index is 13.3. The number of amides is 2. The van der Waals surface area contributed by atoms with Crippen molar-refractivity contribution in [2.75, 3.05) is 17.1 Å². The highest BCUT2D eigenvalue weighted by molar-refractivity contribution is 7.92. The number of carbonyl (C=O) groups excluding carboxylic acids is 2. The maximum Gasteiger partial charge on any atom is 0.242 e. The average molecular weight is 522 g/mol. The molecule has 35 heavy (non-hydrogen) atoms. The Morgan fingerprint density at radius 2 is 1.66 bits per heavy atom. The molecular weight excluding hydrogens is 486 g/mol. The number of benzene rings is 2. The minimum atomic E-state index is -3.55. The van der Waals surface area contributed by atoms with Gasteiger partial charge < -0.3 is 10.2 Å². The van der Waals surface area contributed by atoms with Crippen LogP contribution in [-0.2, 0) is 26.2 Å². The molecule has 7 nitrogen and oxygen atoms in total. The van der Waals surface area contributed by atoms with Crippen LogP contribution in [0.5, 0.6) is 0 Å². The summed E-state index contributed by atoms with van der Waals surface area (Å²) in [5, 5.41) is 3.45. The molecule has 0 heterocycles. The molecule has 0 saturated heterocycles. The SMILES string of the molecule is Cc1ccccc1CN(C(=O)CCCN(c1ccc(Cl)cc1)S(C)(=O)=O)[C@@H](C)C(=O)NC(C)(C)C. The van der Waals surface area contributed by atoms with Crippen molar-refractivity contribution in [1.29, 1.82) is 0 Å². The molecule has 2 aromatic rings. The van der Waals surface area contributed by atoms with Gasteiger partial charge in [0.05, 0.1) is 11.9 Å². The molecule has 0 aliphatic heterocycles. The van der Waals surface area contributed by atoms with Crippen LogP contribution in [0.3, 0.4) is 0 Å². The summed E-state index contributed by atoms with van der Waals surface area (Å²) in [6.45, 7) is 9.77. The number of aryl methyl sites for hydroxylation is 1. The number of nitrogens with zero attached hydrogens (tertiary/aromatic N) is 2. The molecule has 0 spiro atoms. The molecule has 0 unspecified atom stereocenters. The monoisotopic (exact) mass is 521 g/mol. The van der Waals surface area contributed by atoms with Crippen molar-refractivity contribution in [2.24, 2.45) is 0 Å². The Bertz CT molecular complexity index is 1130. The van der Waals surface area contributed by atoms with Crippen LogP contribution >= 0.6 is 11.6 Å². The van der Waals surface area contributed by atoms with Crippen LogP contribution in [0.2, 0.25) is 5.02 Å². The van der Waals surface area contributed by atoms with Gasteiger partial charge in [0.25, 0.3) is 0 Å². The van der Waals surface area contributed by atoms with Crippen LogP contribution in [0.25, 0.3) is 0 Å². The van der Waals surface area contributed by atoms with Crippen LogP contribution in [0.1, 0.15) is 51.7 Å². The van der Waals surface area contributed by atoms with Crippen molar-refractivity contribution in [3.8, 4) is 0 Å². The Balaban J connectivity index is 2.19. The molecular formula is C26H36ClN3O4S. The van der Waals surface area contributed by atoms with Gasteiger partial charge in [-0.15, -0.1) is 0 Å². The minimum Gasteiger partial charge on any atom is -0.350 e. The highest BCUT2D eigenvalue weighted by Gasteiger charge is 2.29. The molecule has 2 rings (SSSR count). The van der Waals surface area contributed by atoms with Gasteiger partial charge in [-0.3, -0.25) is 13.9 Å². The van der Waals surface area contributed by atoms with Gasteiger partial charge in [-0.25, -0.2) is 8.42 Å². The van der Waals surface area contributed by atoms with Crippen molar-refractivity contribution < 1.29 is 18.0 Å². The lowest BCUT2D eigenvalue weighted by molar-refractivity contribution is -0.141. The lowest BCUT2D eigenvalue weighted by Gasteiger charge is -2.32. The quantitative estimate of drug-likeness (QED) is 0.497. The number of halogens is 1. The zero-order valence-electron chi connectivity index (χ0n) is 21.3. The van der Waals surface area contributed by atoms with Crippen LogP contribution in [0.4, 0.5) is 5.69 Å². The summed E-state index contributed by atoms with van der Waals surface area (Å²) in [6.07, 6.45) is 1.53. The third kappa shape index (κ3) is 8.85. The minimum absolute atomic E-state index is 0.0959. The molecule has 0 saturated carbocycles.